The van der Waals surface area contributed by atoms with Crippen LogP contribution >= 0.6 is 0 Å². The minimum absolute atomic E-state index is 0.00539. The van der Waals surface area contributed by atoms with E-state index in [1.807, 2.05) is 0 Å². The van der Waals surface area contributed by atoms with Gasteiger partial charge in [-0.05, 0) is 68.2 Å². The van der Waals surface area contributed by atoms with Crippen LogP contribution in [0.3, 0.4) is 0 Å². The molecule has 28 heavy (non-hydrogen) atoms. The lowest BCUT2D eigenvalue weighted by Gasteiger charge is -2.35. The van der Waals surface area contributed by atoms with Gasteiger partial charge in [0.1, 0.15) is 5.75 Å². The van der Waals surface area contributed by atoms with Crippen LogP contribution in [0.25, 0.3) is 0 Å². The quantitative estimate of drug-likeness (QED) is 0.436. The van der Waals surface area contributed by atoms with Gasteiger partial charge in [-0.25, -0.2) is 4.79 Å². The Morgan fingerprint density at radius 2 is 1.96 bits per heavy atom. The van der Waals surface area contributed by atoms with Crippen molar-refractivity contribution in [1.82, 2.24) is 5.32 Å². The number of carbonyl (C=O) groups is 2. The van der Waals surface area contributed by atoms with Gasteiger partial charge in [0.05, 0.1) is 11.5 Å². The van der Waals surface area contributed by atoms with Crippen molar-refractivity contribution in [2.45, 2.75) is 38.0 Å². The van der Waals surface area contributed by atoms with E-state index in [2.05, 4.69) is 5.32 Å². The number of carboxylic acids is 1. The fourth-order valence-corrected chi connectivity index (χ4v) is 4.45. The van der Waals surface area contributed by atoms with Crippen LogP contribution < -0.4 is 21.4 Å². The highest BCUT2D eigenvalue weighted by Gasteiger charge is 2.38. The van der Waals surface area contributed by atoms with E-state index >= 15 is 0 Å². The Bertz CT molecular complexity index is 732. The van der Waals surface area contributed by atoms with Crippen molar-refractivity contribution in [2.24, 2.45) is 29.2 Å². The second-order valence-electron chi connectivity index (χ2n) is 7.86. The van der Waals surface area contributed by atoms with E-state index in [1.54, 1.807) is 12.1 Å². The van der Waals surface area contributed by atoms with Crippen LogP contribution in [-0.4, -0.2) is 48.2 Å². The van der Waals surface area contributed by atoms with Gasteiger partial charge in [-0.3, -0.25) is 4.79 Å². The number of amides is 1. The summed E-state index contributed by atoms with van der Waals surface area (Å²) >= 11 is 0. The molecule has 0 bridgehead atoms. The van der Waals surface area contributed by atoms with Crippen LogP contribution in [0.4, 0.5) is 0 Å². The summed E-state index contributed by atoms with van der Waals surface area (Å²) in [6.45, 7) is 1.21. The van der Waals surface area contributed by atoms with Crippen LogP contribution in [0.15, 0.2) is 18.2 Å². The van der Waals surface area contributed by atoms with Crippen molar-refractivity contribution in [1.29, 1.82) is 0 Å². The predicted octanol–water partition coefficient (Wildman–Crippen LogP) is 0.164. The fraction of sp³-hybridized carbons (Fsp3) is 0.579. The topological polar surface area (TPSA) is 148 Å². The molecular weight excluding hydrogens is 361 g/mol. The normalized spacial score (nSPS) is 26.9. The maximum Gasteiger partial charge on any atom is 0.547 e. The number of hydrogen-bond donors (Lipinski definition) is 5. The van der Waals surface area contributed by atoms with Gasteiger partial charge in [-0.15, -0.1) is 0 Å². The molecule has 0 aromatic heterocycles. The van der Waals surface area contributed by atoms with Crippen molar-refractivity contribution in [2.75, 3.05) is 13.1 Å². The summed E-state index contributed by atoms with van der Waals surface area (Å²) in [5.41, 5.74) is 12.3. The van der Waals surface area contributed by atoms with Crippen molar-refractivity contribution in [3.8, 4) is 5.75 Å². The van der Waals surface area contributed by atoms with Gasteiger partial charge >= 0.3 is 13.1 Å². The second-order valence-corrected chi connectivity index (χ2v) is 7.86. The molecule has 1 fully saturated rings. The lowest BCUT2D eigenvalue weighted by molar-refractivity contribution is -0.122. The molecule has 1 aliphatic carbocycles. The standard InChI is InChI=1S/C19H28BN3O5/c21-9-13-5-4-11(6-14(13)10-22)7-17(24)23-16-8-12-2-1-3-15(19(25)26)18(12)28-20(16)27/h1-3,11,13-14,16,27H,4-10,21-22H2,(H,23,24)(H,25,26)/t11-,13+,14+,16-/m0/s1. The lowest BCUT2D eigenvalue weighted by Crippen LogP contribution is -2.53. The summed E-state index contributed by atoms with van der Waals surface area (Å²) in [6, 6.07) is 4.80. The highest BCUT2D eigenvalue weighted by Crippen LogP contribution is 2.35. The van der Waals surface area contributed by atoms with E-state index < -0.39 is 19.0 Å². The molecule has 1 aromatic rings. The maximum atomic E-state index is 12.5. The molecule has 7 N–H and O–H groups in total. The Kier molecular flexibility index (Phi) is 6.59. The maximum absolute atomic E-state index is 12.5. The number of nitrogens with two attached hydrogens (primary N) is 2. The van der Waals surface area contributed by atoms with Gasteiger partial charge in [-0.1, -0.05) is 12.1 Å². The van der Waals surface area contributed by atoms with Crippen molar-refractivity contribution in [3.63, 3.8) is 0 Å². The first-order valence-electron chi connectivity index (χ1n) is 9.82. The van der Waals surface area contributed by atoms with E-state index in [-0.39, 0.29) is 23.1 Å². The highest BCUT2D eigenvalue weighted by atomic mass is 16.5. The van der Waals surface area contributed by atoms with Crippen LogP contribution in [0.1, 0.15) is 41.6 Å². The smallest absolute Gasteiger partial charge is 0.534 e. The Hall–Kier alpha value is -2.10. The van der Waals surface area contributed by atoms with Gasteiger partial charge in [0.2, 0.25) is 5.91 Å². The summed E-state index contributed by atoms with van der Waals surface area (Å²) < 4.78 is 5.42. The lowest BCUT2D eigenvalue weighted by atomic mass is 9.71. The van der Waals surface area contributed by atoms with Crippen molar-refractivity contribution >= 4 is 19.0 Å². The third-order valence-electron chi connectivity index (χ3n) is 6.02. The molecular formula is C19H28BN3O5. The zero-order chi connectivity index (χ0) is 20.3. The van der Waals surface area contributed by atoms with Crippen LogP contribution in [0.2, 0.25) is 0 Å². The molecule has 1 amide bonds. The van der Waals surface area contributed by atoms with E-state index in [0.717, 1.165) is 19.3 Å². The minimum atomic E-state index is -1.29. The molecule has 0 unspecified atom stereocenters. The van der Waals surface area contributed by atoms with E-state index in [0.29, 0.717) is 43.3 Å². The third kappa shape index (κ3) is 4.48. The summed E-state index contributed by atoms with van der Waals surface area (Å²) in [5.74, 6) is -0.677. The molecule has 0 saturated heterocycles. The first-order chi connectivity index (χ1) is 13.4. The number of benzene rings is 1. The van der Waals surface area contributed by atoms with Gasteiger partial charge in [0, 0.05) is 6.42 Å². The van der Waals surface area contributed by atoms with Crippen molar-refractivity contribution < 1.29 is 24.4 Å². The van der Waals surface area contributed by atoms with Gasteiger partial charge in [-0.2, -0.15) is 0 Å². The van der Waals surface area contributed by atoms with Gasteiger partial charge in [0.15, 0.2) is 0 Å². The molecule has 8 nitrogen and oxygen atoms in total. The van der Waals surface area contributed by atoms with Crippen LogP contribution in [-0.2, 0) is 11.2 Å². The summed E-state index contributed by atoms with van der Waals surface area (Å²) in [6.07, 6.45) is 3.51. The van der Waals surface area contributed by atoms with E-state index in [1.165, 1.54) is 6.07 Å². The van der Waals surface area contributed by atoms with Gasteiger partial charge in [0.25, 0.3) is 0 Å². The molecule has 4 atom stereocenters. The average Bonchev–Trinajstić information content (AvgIpc) is 2.67. The van der Waals surface area contributed by atoms with Crippen LogP contribution in [0.5, 0.6) is 5.75 Å². The second kappa shape index (κ2) is 8.94. The number of hydrogen-bond acceptors (Lipinski definition) is 6. The molecule has 9 heteroatoms. The summed E-state index contributed by atoms with van der Waals surface area (Å²) in [5, 5.41) is 22.4. The fourth-order valence-electron chi connectivity index (χ4n) is 4.45. The zero-order valence-corrected chi connectivity index (χ0v) is 15.8. The molecule has 0 spiro atoms. The highest BCUT2D eigenvalue weighted by molar-refractivity contribution is 6.47. The number of para-hydroxylation sites is 1. The molecule has 1 aliphatic heterocycles. The van der Waals surface area contributed by atoms with Crippen molar-refractivity contribution in [3.05, 3.63) is 29.3 Å². The number of aromatic carboxylic acids is 1. The Balaban J connectivity index is 1.59. The number of carboxylic acid groups (broad SMARTS) is 1. The Morgan fingerprint density at radius 1 is 1.21 bits per heavy atom. The zero-order valence-electron chi connectivity index (χ0n) is 15.8. The molecule has 1 heterocycles. The molecule has 1 aromatic carbocycles. The molecule has 3 rings (SSSR count). The molecule has 0 radical (unpaired) electrons. The number of rotatable bonds is 6. The number of fused-ring (bicyclic) bond motifs is 1. The summed E-state index contributed by atoms with van der Waals surface area (Å²) in [4.78, 5) is 23.8. The third-order valence-corrected chi connectivity index (χ3v) is 6.02. The first-order valence-corrected chi connectivity index (χ1v) is 9.82. The molecule has 152 valence electrons. The largest absolute Gasteiger partial charge is 0.547 e. The average molecular weight is 389 g/mol. The molecule has 1 saturated carbocycles. The number of carbonyl (C=O) groups excluding carboxylic acids is 1. The number of nitrogens with one attached hydrogen (secondary N) is 1. The SMILES string of the molecule is NC[C@H]1CC[C@H](CC(=O)N[C@H]2Cc3cccc(C(=O)O)c3OB2O)C[C@@H]1CN. The Labute approximate surface area is 164 Å². The van der Waals surface area contributed by atoms with Crippen LogP contribution in [0, 0.1) is 17.8 Å². The molecule has 2 aliphatic rings. The van der Waals surface area contributed by atoms with E-state index in [4.69, 9.17) is 16.1 Å². The van der Waals surface area contributed by atoms with E-state index in [9.17, 15) is 19.7 Å². The summed E-state index contributed by atoms with van der Waals surface area (Å²) in [7, 11) is -1.29. The predicted molar refractivity (Wildman–Crippen MR) is 105 cm³/mol. The monoisotopic (exact) mass is 389 g/mol. The van der Waals surface area contributed by atoms with Gasteiger partial charge < -0.3 is 31.6 Å². The first kappa shape index (κ1) is 20.6. The minimum Gasteiger partial charge on any atom is -0.534 e. The Morgan fingerprint density at radius 3 is 2.64 bits per heavy atom.